The van der Waals surface area contributed by atoms with Gasteiger partial charge in [0.2, 0.25) is 0 Å². The fourth-order valence-electron chi connectivity index (χ4n) is 3.23. The third-order valence-electron chi connectivity index (χ3n) is 4.28. The fraction of sp³-hybridized carbons (Fsp3) is 0.556. The molecule has 2 saturated heterocycles. The van der Waals surface area contributed by atoms with Gasteiger partial charge in [-0.2, -0.15) is 0 Å². The topological polar surface area (TPSA) is 103 Å². The van der Waals surface area contributed by atoms with Crippen LogP contribution in [0.15, 0.2) is 30.3 Å². The summed E-state index contributed by atoms with van der Waals surface area (Å²) in [4.78, 5) is 22.9. The standard InChI is InChI=1S/C18H23NO7/c1-18(2)25-15-12(8-14(20)21)24-13(16(15)26-18)9-19-17(22)23-10-11-6-4-3-5-7-11/h3-7,12-13,15-16H,8-10H2,1-2H3,(H,19,22)(H,20,21)/t12-,13+,15-,16+/m0/s1. The smallest absolute Gasteiger partial charge is 0.407 e. The van der Waals surface area contributed by atoms with Gasteiger partial charge < -0.3 is 29.4 Å². The Hall–Kier alpha value is -2.16. The van der Waals surface area contributed by atoms with E-state index >= 15 is 0 Å². The first kappa shape index (κ1) is 18.6. The number of carbonyl (C=O) groups excluding carboxylic acids is 1. The van der Waals surface area contributed by atoms with Crippen molar-refractivity contribution in [3.8, 4) is 0 Å². The molecule has 0 aliphatic carbocycles. The van der Waals surface area contributed by atoms with Gasteiger partial charge in [0, 0.05) is 6.54 Å². The van der Waals surface area contributed by atoms with Crippen LogP contribution < -0.4 is 5.32 Å². The van der Waals surface area contributed by atoms with Crippen LogP contribution in [0.2, 0.25) is 0 Å². The molecule has 0 bridgehead atoms. The minimum absolute atomic E-state index is 0.143. The predicted octanol–water partition coefficient (Wildman–Crippen LogP) is 1.68. The monoisotopic (exact) mass is 365 g/mol. The number of benzene rings is 1. The Morgan fingerprint density at radius 3 is 2.46 bits per heavy atom. The van der Waals surface area contributed by atoms with E-state index in [0.29, 0.717) is 0 Å². The van der Waals surface area contributed by atoms with Gasteiger partial charge in [-0.15, -0.1) is 0 Å². The molecule has 2 N–H and O–H groups in total. The first-order valence-electron chi connectivity index (χ1n) is 8.51. The molecule has 1 aromatic carbocycles. The molecule has 2 heterocycles. The highest BCUT2D eigenvalue weighted by molar-refractivity contribution is 5.68. The Kier molecular flexibility index (Phi) is 5.45. The molecule has 8 heteroatoms. The van der Waals surface area contributed by atoms with Crippen molar-refractivity contribution in [3.05, 3.63) is 35.9 Å². The van der Waals surface area contributed by atoms with Crippen molar-refractivity contribution in [1.82, 2.24) is 5.32 Å². The quantitative estimate of drug-likeness (QED) is 0.790. The summed E-state index contributed by atoms with van der Waals surface area (Å²) >= 11 is 0. The number of rotatable bonds is 6. The van der Waals surface area contributed by atoms with E-state index in [1.165, 1.54) is 0 Å². The summed E-state index contributed by atoms with van der Waals surface area (Å²) in [6.45, 7) is 3.84. The lowest BCUT2D eigenvalue weighted by Crippen LogP contribution is -2.40. The number of amides is 1. The summed E-state index contributed by atoms with van der Waals surface area (Å²) < 4.78 is 22.5. The molecule has 4 atom stereocenters. The summed E-state index contributed by atoms with van der Waals surface area (Å²) in [6.07, 6.45) is -2.80. The van der Waals surface area contributed by atoms with Crippen LogP contribution in [-0.4, -0.2) is 53.9 Å². The van der Waals surface area contributed by atoms with E-state index in [9.17, 15) is 9.59 Å². The number of hydrogen-bond acceptors (Lipinski definition) is 6. The van der Waals surface area contributed by atoms with E-state index in [-0.39, 0.29) is 19.6 Å². The van der Waals surface area contributed by atoms with E-state index in [1.807, 2.05) is 30.3 Å². The van der Waals surface area contributed by atoms with Crippen molar-refractivity contribution < 1.29 is 33.6 Å². The van der Waals surface area contributed by atoms with Crippen LogP contribution in [-0.2, 0) is 30.3 Å². The van der Waals surface area contributed by atoms with Crippen molar-refractivity contribution in [1.29, 1.82) is 0 Å². The maximum Gasteiger partial charge on any atom is 0.407 e. The number of nitrogens with one attached hydrogen (secondary N) is 1. The first-order valence-corrected chi connectivity index (χ1v) is 8.51. The number of aliphatic carboxylic acids is 1. The second-order valence-corrected chi connectivity index (χ2v) is 6.82. The Morgan fingerprint density at radius 2 is 1.81 bits per heavy atom. The molecule has 2 fully saturated rings. The van der Waals surface area contributed by atoms with Gasteiger partial charge >= 0.3 is 12.1 Å². The highest BCUT2D eigenvalue weighted by Crippen LogP contribution is 2.39. The SMILES string of the molecule is CC1(C)O[C@@H]2[C@H](O1)[C@@H](CNC(=O)OCc1ccccc1)O[C@H]2CC(=O)O. The van der Waals surface area contributed by atoms with Gasteiger partial charge in [-0.3, -0.25) is 4.79 Å². The van der Waals surface area contributed by atoms with Gasteiger partial charge in [0.05, 0.1) is 12.5 Å². The van der Waals surface area contributed by atoms with Gasteiger partial charge in [-0.05, 0) is 19.4 Å². The zero-order valence-corrected chi connectivity index (χ0v) is 14.7. The average Bonchev–Trinajstić information content (AvgIpc) is 3.05. The minimum atomic E-state index is -0.974. The summed E-state index contributed by atoms with van der Waals surface area (Å²) in [6, 6.07) is 9.34. The van der Waals surface area contributed by atoms with Crippen molar-refractivity contribution in [2.24, 2.45) is 0 Å². The molecule has 142 valence electrons. The van der Waals surface area contributed by atoms with Crippen LogP contribution in [0.25, 0.3) is 0 Å². The maximum absolute atomic E-state index is 11.9. The van der Waals surface area contributed by atoms with Crippen LogP contribution in [0.1, 0.15) is 25.8 Å². The number of carboxylic acid groups (broad SMARTS) is 1. The van der Waals surface area contributed by atoms with Crippen LogP contribution in [0.5, 0.6) is 0 Å². The van der Waals surface area contributed by atoms with Crippen molar-refractivity contribution in [2.45, 2.75) is 57.1 Å². The lowest BCUT2D eigenvalue weighted by Gasteiger charge is -2.23. The van der Waals surface area contributed by atoms with E-state index in [2.05, 4.69) is 5.32 Å². The van der Waals surface area contributed by atoms with Gasteiger partial charge in [0.1, 0.15) is 24.9 Å². The van der Waals surface area contributed by atoms with E-state index in [4.69, 9.17) is 24.1 Å². The van der Waals surface area contributed by atoms with E-state index in [1.54, 1.807) is 13.8 Å². The molecule has 0 spiro atoms. The normalized spacial score (nSPS) is 29.2. The van der Waals surface area contributed by atoms with Crippen molar-refractivity contribution >= 4 is 12.1 Å². The third kappa shape index (κ3) is 4.51. The van der Waals surface area contributed by atoms with E-state index < -0.39 is 42.3 Å². The molecule has 1 aromatic rings. The maximum atomic E-state index is 11.9. The van der Waals surface area contributed by atoms with E-state index in [0.717, 1.165) is 5.56 Å². The Morgan fingerprint density at radius 1 is 1.15 bits per heavy atom. The molecule has 1 amide bonds. The summed E-state index contributed by atoms with van der Waals surface area (Å²) in [7, 11) is 0. The number of carbonyl (C=O) groups is 2. The first-order chi connectivity index (χ1) is 12.3. The zero-order valence-electron chi connectivity index (χ0n) is 14.7. The zero-order chi connectivity index (χ0) is 18.7. The molecule has 0 unspecified atom stereocenters. The molecular weight excluding hydrogens is 342 g/mol. The lowest BCUT2D eigenvalue weighted by molar-refractivity contribution is -0.188. The fourth-order valence-corrected chi connectivity index (χ4v) is 3.23. The molecule has 8 nitrogen and oxygen atoms in total. The van der Waals surface area contributed by atoms with Crippen LogP contribution >= 0.6 is 0 Å². The number of ether oxygens (including phenoxy) is 4. The molecule has 0 saturated carbocycles. The van der Waals surface area contributed by atoms with Crippen LogP contribution in [0, 0.1) is 0 Å². The molecular formula is C18H23NO7. The molecule has 26 heavy (non-hydrogen) atoms. The minimum Gasteiger partial charge on any atom is -0.481 e. The summed E-state index contributed by atoms with van der Waals surface area (Å²) in [5.74, 6) is -1.79. The Labute approximate surface area is 151 Å². The van der Waals surface area contributed by atoms with Crippen molar-refractivity contribution in [3.63, 3.8) is 0 Å². The van der Waals surface area contributed by atoms with Gasteiger partial charge in [0.25, 0.3) is 0 Å². The molecule has 0 radical (unpaired) electrons. The molecule has 3 rings (SSSR count). The molecule has 2 aliphatic heterocycles. The van der Waals surface area contributed by atoms with Gasteiger partial charge in [-0.1, -0.05) is 30.3 Å². The highest BCUT2D eigenvalue weighted by atomic mass is 16.8. The molecule has 0 aromatic heterocycles. The Bertz CT molecular complexity index is 648. The summed E-state index contributed by atoms with van der Waals surface area (Å²) in [5.41, 5.74) is 0.885. The van der Waals surface area contributed by atoms with Crippen LogP contribution in [0.4, 0.5) is 4.79 Å². The van der Waals surface area contributed by atoms with Crippen LogP contribution in [0.3, 0.4) is 0 Å². The third-order valence-corrected chi connectivity index (χ3v) is 4.28. The number of hydrogen-bond donors (Lipinski definition) is 2. The van der Waals surface area contributed by atoms with Crippen molar-refractivity contribution in [2.75, 3.05) is 6.54 Å². The summed E-state index contributed by atoms with van der Waals surface area (Å²) in [5, 5.41) is 11.7. The average molecular weight is 365 g/mol. The predicted molar refractivity (Wildman–Crippen MR) is 89.4 cm³/mol. The number of carboxylic acids is 1. The lowest BCUT2D eigenvalue weighted by atomic mass is 10.1. The number of fused-ring (bicyclic) bond motifs is 1. The Balaban J connectivity index is 1.52. The van der Waals surface area contributed by atoms with Gasteiger partial charge in [-0.25, -0.2) is 4.79 Å². The molecule has 2 aliphatic rings. The second kappa shape index (κ2) is 7.61. The largest absolute Gasteiger partial charge is 0.481 e. The number of alkyl carbamates (subject to hydrolysis) is 1. The van der Waals surface area contributed by atoms with Gasteiger partial charge in [0.15, 0.2) is 5.79 Å². The second-order valence-electron chi connectivity index (χ2n) is 6.82. The highest BCUT2D eigenvalue weighted by Gasteiger charge is 2.55.